The number of hydrogen-bond donors (Lipinski definition) is 1. The molecule has 0 unspecified atom stereocenters. The lowest BCUT2D eigenvalue weighted by Gasteiger charge is -2.24. The minimum atomic E-state index is -0.824. The highest BCUT2D eigenvalue weighted by Gasteiger charge is 2.23. The van der Waals surface area contributed by atoms with Gasteiger partial charge in [-0.15, -0.1) is 0 Å². The molecule has 5 heteroatoms. The highest BCUT2D eigenvalue weighted by molar-refractivity contribution is 5.67. The fraction of sp³-hybridized carbons (Fsp3) is 0.583. The standard InChI is InChI=1S/C12H16N2O3/c1-17-12-9(5-6-10(15)16)7-13-11(14-12)8-3-2-4-8/h7-8H,2-6H2,1H3,(H,15,16). The van der Waals surface area contributed by atoms with Crippen LogP contribution < -0.4 is 4.74 Å². The molecule has 17 heavy (non-hydrogen) atoms. The molecule has 1 saturated carbocycles. The number of nitrogens with zero attached hydrogens (tertiary/aromatic N) is 2. The van der Waals surface area contributed by atoms with Crippen LogP contribution >= 0.6 is 0 Å². The summed E-state index contributed by atoms with van der Waals surface area (Å²) in [6.45, 7) is 0. The van der Waals surface area contributed by atoms with E-state index in [-0.39, 0.29) is 6.42 Å². The van der Waals surface area contributed by atoms with Gasteiger partial charge in [0.05, 0.1) is 7.11 Å². The molecule has 0 radical (unpaired) electrons. The van der Waals surface area contributed by atoms with Gasteiger partial charge in [-0.05, 0) is 19.3 Å². The van der Waals surface area contributed by atoms with E-state index >= 15 is 0 Å². The zero-order chi connectivity index (χ0) is 12.3. The van der Waals surface area contributed by atoms with E-state index in [1.54, 1.807) is 13.3 Å². The molecule has 0 spiro atoms. The summed E-state index contributed by atoms with van der Waals surface area (Å²) in [6.07, 6.45) is 5.68. The average Bonchev–Trinajstić information content (AvgIpc) is 2.24. The SMILES string of the molecule is COc1nc(C2CCC2)ncc1CCC(=O)O. The molecule has 5 nitrogen and oxygen atoms in total. The summed E-state index contributed by atoms with van der Waals surface area (Å²) in [5.41, 5.74) is 0.762. The van der Waals surface area contributed by atoms with Gasteiger partial charge in [-0.2, -0.15) is 4.98 Å². The molecule has 0 aliphatic heterocycles. The van der Waals surface area contributed by atoms with E-state index in [9.17, 15) is 4.79 Å². The molecule has 1 aromatic rings. The molecule has 92 valence electrons. The Hall–Kier alpha value is -1.65. The van der Waals surface area contributed by atoms with Crippen LogP contribution in [0.15, 0.2) is 6.20 Å². The van der Waals surface area contributed by atoms with Crippen LogP contribution in [0.4, 0.5) is 0 Å². The number of hydrogen-bond acceptors (Lipinski definition) is 4. The second-order valence-electron chi connectivity index (χ2n) is 4.28. The van der Waals surface area contributed by atoms with Gasteiger partial charge < -0.3 is 9.84 Å². The smallest absolute Gasteiger partial charge is 0.303 e. The van der Waals surface area contributed by atoms with Crippen LogP contribution in [0.3, 0.4) is 0 Å². The second-order valence-corrected chi connectivity index (χ2v) is 4.28. The number of aryl methyl sites for hydroxylation is 1. The van der Waals surface area contributed by atoms with E-state index in [0.717, 1.165) is 24.2 Å². The highest BCUT2D eigenvalue weighted by atomic mass is 16.5. The van der Waals surface area contributed by atoms with Gasteiger partial charge in [-0.25, -0.2) is 4.98 Å². The summed E-state index contributed by atoms with van der Waals surface area (Å²) >= 11 is 0. The lowest BCUT2D eigenvalue weighted by molar-refractivity contribution is -0.136. The van der Waals surface area contributed by atoms with Crippen molar-refractivity contribution in [3.63, 3.8) is 0 Å². The van der Waals surface area contributed by atoms with Crippen LogP contribution in [0.1, 0.15) is 43.0 Å². The molecule has 0 amide bonds. The van der Waals surface area contributed by atoms with E-state index in [1.807, 2.05) is 0 Å². The first-order valence-corrected chi connectivity index (χ1v) is 5.82. The lowest BCUT2D eigenvalue weighted by atomic mass is 9.85. The van der Waals surface area contributed by atoms with E-state index in [2.05, 4.69) is 9.97 Å². The predicted molar refractivity (Wildman–Crippen MR) is 61.1 cm³/mol. The van der Waals surface area contributed by atoms with E-state index in [1.165, 1.54) is 6.42 Å². The maximum absolute atomic E-state index is 10.5. The molecule has 1 aliphatic rings. The quantitative estimate of drug-likeness (QED) is 0.843. The number of rotatable bonds is 5. The van der Waals surface area contributed by atoms with Gasteiger partial charge in [0.25, 0.3) is 0 Å². The van der Waals surface area contributed by atoms with Crippen molar-refractivity contribution in [2.24, 2.45) is 0 Å². The molecule has 1 fully saturated rings. The summed E-state index contributed by atoms with van der Waals surface area (Å²) in [6, 6.07) is 0. The minimum Gasteiger partial charge on any atom is -0.481 e. The number of ether oxygens (including phenoxy) is 1. The van der Waals surface area contributed by atoms with Crippen molar-refractivity contribution in [3.8, 4) is 5.88 Å². The third-order valence-electron chi connectivity index (χ3n) is 3.12. The number of aromatic nitrogens is 2. The van der Waals surface area contributed by atoms with Gasteiger partial charge in [0.15, 0.2) is 0 Å². The van der Waals surface area contributed by atoms with Gasteiger partial charge in [0.2, 0.25) is 5.88 Å². The maximum Gasteiger partial charge on any atom is 0.303 e. The second kappa shape index (κ2) is 5.12. The van der Waals surface area contributed by atoms with Crippen LogP contribution in [-0.4, -0.2) is 28.2 Å². The molecule has 1 aromatic heterocycles. The Morgan fingerprint density at radius 3 is 2.88 bits per heavy atom. The largest absolute Gasteiger partial charge is 0.481 e. The zero-order valence-electron chi connectivity index (χ0n) is 9.85. The molecule has 2 rings (SSSR count). The Bertz CT molecular complexity index is 416. The van der Waals surface area contributed by atoms with Crippen molar-refractivity contribution in [2.75, 3.05) is 7.11 Å². The lowest BCUT2D eigenvalue weighted by Crippen LogP contribution is -2.14. The van der Waals surface area contributed by atoms with Crippen LogP contribution in [0.2, 0.25) is 0 Å². The van der Waals surface area contributed by atoms with Gasteiger partial charge in [-0.3, -0.25) is 4.79 Å². The molecular formula is C12H16N2O3. The highest BCUT2D eigenvalue weighted by Crippen LogP contribution is 2.35. The predicted octanol–water partition coefficient (Wildman–Crippen LogP) is 1.77. The third-order valence-corrected chi connectivity index (χ3v) is 3.12. The number of carboxylic acids is 1. The normalized spacial score (nSPS) is 15.4. The first kappa shape index (κ1) is 11.8. The van der Waals surface area contributed by atoms with E-state index in [0.29, 0.717) is 18.2 Å². The molecule has 0 atom stereocenters. The van der Waals surface area contributed by atoms with Crippen molar-refractivity contribution in [1.29, 1.82) is 0 Å². The molecule has 1 aliphatic carbocycles. The van der Waals surface area contributed by atoms with Crippen molar-refractivity contribution in [2.45, 2.75) is 38.0 Å². The Labute approximate surface area is 99.9 Å². The maximum atomic E-state index is 10.5. The Kier molecular flexibility index (Phi) is 3.56. The summed E-state index contributed by atoms with van der Waals surface area (Å²) in [5, 5.41) is 8.65. The van der Waals surface area contributed by atoms with Gasteiger partial charge >= 0.3 is 5.97 Å². The van der Waals surface area contributed by atoms with Crippen LogP contribution in [-0.2, 0) is 11.2 Å². The topological polar surface area (TPSA) is 72.3 Å². The molecular weight excluding hydrogens is 220 g/mol. The van der Waals surface area contributed by atoms with E-state index < -0.39 is 5.97 Å². The van der Waals surface area contributed by atoms with Crippen molar-refractivity contribution >= 4 is 5.97 Å². The molecule has 0 bridgehead atoms. The molecule has 0 saturated heterocycles. The van der Waals surface area contributed by atoms with Crippen molar-refractivity contribution in [3.05, 3.63) is 17.6 Å². The number of carbonyl (C=O) groups is 1. The number of carboxylic acid groups (broad SMARTS) is 1. The Morgan fingerprint density at radius 1 is 1.59 bits per heavy atom. The summed E-state index contributed by atoms with van der Waals surface area (Å²) in [4.78, 5) is 19.2. The van der Waals surface area contributed by atoms with Crippen molar-refractivity contribution < 1.29 is 14.6 Å². The fourth-order valence-electron chi connectivity index (χ4n) is 1.86. The van der Waals surface area contributed by atoms with Gasteiger partial charge in [-0.1, -0.05) is 6.42 Å². The summed E-state index contributed by atoms with van der Waals surface area (Å²) in [5.74, 6) is 0.975. The summed E-state index contributed by atoms with van der Waals surface area (Å²) < 4.78 is 5.19. The number of aliphatic carboxylic acids is 1. The monoisotopic (exact) mass is 236 g/mol. The third kappa shape index (κ3) is 2.72. The van der Waals surface area contributed by atoms with Crippen LogP contribution in [0.25, 0.3) is 0 Å². The minimum absolute atomic E-state index is 0.0719. The average molecular weight is 236 g/mol. The molecule has 1 heterocycles. The van der Waals surface area contributed by atoms with Gasteiger partial charge in [0, 0.05) is 24.1 Å². The first-order valence-electron chi connectivity index (χ1n) is 5.82. The van der Waals surface area contributed by atoms with Crippen LogP contribution in [0, 0.1) is 0 Å². The Morgan fingerprint density at radius 2 is 2.35 bits per heavy atom. The van der Waals surface area contributed by atoms with Crippen LogP contribution in [0.5, 0.6) is 5.88 Å². The molecule has 0 aromatic carbocycles. The summed E-state index contributed by atoms with van der Waals surface area (Å²) in [7, 11) is 1.55. The molecule has 1 N–H and O–H groups in total. The fourth-order valence-corrected chi connectivity index (χ4v) is 1.86. The zero-order valence-corrected chi connectivity index (χ0v) is 9.85. The Balaban J connectivity index is 2.12. The van der Waals surface area contributed by atoms with Crippen molar-refractivity contribution in [1.82, 2.24) is 9.97 Å². The first-order chi connectivity index (χ1) is 8.20. The number of methoxy groups -OCH3 is 1. The van der Waals surface area contributed by atoms with E-state index in [4.69, 9.17) is 9.84 Å². The van der Waals surface area contributed by atoms with Gasteiger partial charge in [0.1, 0.15) is 5.82 Å².